The van der Waals surface area contributed by atoms with E-state index >= 15 is 0 Å². The number of halogens is 2. The first-order valence-corrected chi connectivity index (χ1v) is 10.7. The van der Waals surface area contributed by atoms with Crippen LogP contribution in [0.5, 0.6) is 0 Å². The summed E-state index contributed by atoms with van der Waals surface area (Å²) in [5.74, 6) is -0.352. The topological polar surface area (TPSA) is 75.3 Å². The number of amides is 1. The quantitative estimate of drug-likeness (QED) is 0.494. The standard InChI is InChI=1S/C21H16Cl2N2O3S/c22-17-5-1-3-7-19(17)24-21(26)14-11-15-9-12-16(13-10-15)29(27,28)25-20-8-4-2-6-18(20)23/h1-14,25H,(H,24,26)/b14-11+. The number of carbonyl (C=O) groups is 1. The second-order valence-corrected chi connectivity index (χ2v) is 8.45. The molecule has 0 aliphatic carbocycles. The molecule has 29 heavy (non-hydrogen) atoms. The zero-order valence-electron chi connectivity index (χ0n) is 15.0. The molecule has 0 spiro atoms. The van der Waals surface area contributed by atoms with Gasteiger partial charge in [-0.3, -0.25) is 9.52 Å². The van der Waals surface area contributed by atoms with Gasteiger partial charge >= 0.3 is 0 Å². The van der Waals surface area contributed by atoms with Gasteiger partial charge in [0.05, 0.1) is 26.3 Å². The van der Waals surface area contributed by atoms with Crippen molar-refractivity contribution in [3.63, 3.8) is 0 Å². The van der Waals surface area contributed by atoms with E-state index in [4.69, 9.17) is 23.2 Å². The Bertz CT molecular complexity index is 1160. The number of hydrogen-bond acceptors (Lipinski definition) is 3. The van der Waals surface area contributed by atoms with Crippen LogP contribution >= 0.6 is 23.2 Å². The number of nitrogens with one attached hydrogen (secondary N) is 2. The number of anilines is 2. The third kappa shape index (κ3) is 5.60. The van der Waals surface area contributed by atoms with Gasteiger partial charge in [0.1, 0.15) is 0 Å². The van der Waals surface area contributed by atoms with Crippen molar-refractivity contribution in [3.05, 3.63) is 94.5 Å². The molecule has 2 N–H and O–H groups in total. The van der Waals surface area contributed by atoms with Crippen LogP contribution in [-0.4, -0.2) is 14.3 Å². The molecule has 0 aliphatic rings. The van der Waals surface area contributed by atoms with Crippen LogP contribution in [0.1, 0.15) is 5.56 Å². The van der Waals surface area contributed by atoms with E-state index in [0.717, 1.165) is 0 Å². The molecule has 5 nitrogen and oxygen atoms in total. The highest BCUT2D eigenvalue weighted by molar-refractivity contribution is 7.92. The van der Waals surface area contributed by atoms with Gasteiger partial charge in [0.25, 0.3) is 10.0 Å². The molecule has 3 rings (SSSR count). The van der Waals surface area contributed by atoms with Crippen LogP contribution in [0, 0.1) is 0 Å². The van der Waals surface area contributed by atoms with Crippen molar-refractivity contribution in [2.24, 2.45) is 0 Å². The fraction of sp³-hybridized carbons (Fsp3) is 0. The van der Waals surface area contributed by atoms with Gasteiger partial charge in [-0.2, -0.15) is 0 Å². The van der Waals surface area contributed by atoms with Gasteiger partial charge in [0, 0.05) is 6.08 Å². The molecule has 0 aliphatic heterocycles. The Labute approximate surface area is 179 Å². The summed E-state index contributed by atoms with van der Waals surface area (Å²) in [5.41, 5.74) is 1.47. The van der Waals surface area contributed by atoms with Crippen molar-refractivity contribution < 1.29 is 13.2 Å². The molecule has 0 unspecified atom stereocenters. The van der Waals surface area contributed by atoms with Crippen LogP contribution in [0.4, 0.5) is 11.4 Å². The first kappa shape index (κ1) is 20.9. The normalized spacial score (nSPS) is 11.4. The Morgan fingerprint density at radius 1 is 0.793 bits per heavy atom. The van der Waals surface area contributed by atoms with E-state index in [1.165, 1.54) is 18.2 Å². The number of rotatable bonds is 6. The first-order valence-electron chi connectivity index (χ1n) is 8.46. The van der Waals surface area contributed by atoms with Crippen molar-refractivity contribution in [3.8, 4) is 0 Å². The van der Waals surface area contributed by atoms with Crippen LogP contribution in [0.2, 0.25) is 10.0 Å². The fourth-order valence-electron chi connectivity index (χ4n) is 2.41. The summed E-state index contributed by atoms with van der Waals surface area (Å²) in [4.78, 5) is 12.1. The molecule has 8 heteroatoms. The number of carbonyl (C=O) groups excluding carboxylic acids is 1. The van der Waals surface area contributed by atoms with Gasteiger partial charge in [0.15, 0.2) is 0 Å². The van der Waals surface area contributed by atoms with E-state index in [-0.39, 0.29) is 10.8 Å². The average Bonchev–Trinajstić information content (AvgIpc) is 2.70. The molecule has 0 heterocycles. The number of benzene rings is 3. The number of sulfonamides is 1. The zero-order chi connectivity index (χ0) is 20.9. The molecule has 148 valence electrons. The predicted molar refractivity (Wildman–Crippen MR) is 118 cm³/mol. The predicted octanol–water partition coefficient (Wildman–Crippen LogP) is 5.45. The maximum absolute atomic E-state index is 12.5. The molecular weight excluding hydrogens is 431 g/mol. The van der Waals surface area contributed by atoms with E-state index in [1.807, 2.05) is 0 Å². The van der Waals surface area contributed by atoms with E-state index < -0.39 is 10.0 Å². The number of hydrogen-bond donors (Lipinski definition) is 2. The van der Waals surface area contributed by atoms with Crippen molar-refractivity contribution in [1.82, 2.24) is 0 Å². The molecule has 0 saturated heterocycles. The third-order valence-electron chi connectivity index (χ3n) is 3.87. The Morgan fingerprint density at radius 2 is 1.34 bits per heavy atom. The summed E-state index contributed by atoms with van der Waals surface area (Å²) in [6.45, 7) is 0. The maximum Gasteiger partial charge on any atom is 0.261 e. The summed E-state index contributed by atoms with van der Waals surface area (Å²) < 4.78 is 27.5. The van der Waals surface area contributed by atoms with Crippen molar-refractivity contribution in [1.29, 1.82) is 0 Å². The molecule has 0 bridgehead atoms. The van der Waals surface area contributed by atoms with Gasteiger partial charge in [-0.15, -0.1) is 0 Å². The summed E-state index contributed by atoms with van der Waals surface area (Å²) in [5, 5.41) is 3.42. The van der Waals surface area contributed by atoms with Crippen LogP contribution in [0.25, 0.3) is 6.08 Å². The lowest BCUT2D eigenvalue weighted by Crippen LogP contribution is -2.13. The fourth-order valence-corrected chi connectivity index (χ4v) is 3.92. The van der Waals surface area contributed by atoms with Gasteiger partial charge in [-0.1, -0.05) is 59.6 Å². The Balaban J connectivity index is 1.68. The van der Waals surface area contributed by atoms with E-state index in [0.29, 0.717) is 27.0 Å². The Morgan fingerprint density at radius 3 is 1.93 bits per heavy atom. The van der Waals surface area contributed by atoms with Gasteiger partial charge in [0.2, 0.25) is 5.91 Å². The van der Waals surface area contributed by atoms with Gasteiger partial charge in [-0.25, -0.2) is 8.42 Å². The molecular formula is C21H16Cl2N2O3S. The molecule has 1 amide bonds. The molecule has 0 saturated carbocycles. The zero-order valence-corrected chi connectivity index (χ0v) is 17.3. The van der Waals surface area contributed by atoms with Crippen molar-refractivity contribution in [2.75, 3.05) is 10.0 Å². The molecule has 3 aromatic rings. The molecule has 0 aromatic heterocycles. The minimum absolute atomic E-state index is 0.0788. The van der Waals surface area contributed by atoms with Crippen LogP contribution in [0.15, 0.2) is 83.8 Å². The highest BCUT2D eigenvalue weighted by Gasteiger charge is 2.15. The monoisotopic (exact) mass is 446 g/mol. The van der Waals surface area contributed by atoms with Gasteiger partial charge < -0.3 is 5.32 Å². The minimum atomic E-state index is -3.78. The van der Waals surface area contributed by atoms with E-state index in [9.17, 15) is 13.2 Å². The Kier molecular flexibility index (Phi) is 6.59. The highest BCUT2D eigenvalue weighted by atomic mass is 35.5. The Hall–Kier alpha value is -2.80. The molecule has 3 aromatic carbocycles. The van der Waals surface area contributed by atoms with E-state index in [2.05, 4.69) is 10.0 Å². The minimum Gasteiger partial charge on any atom is -0.321 e. The van der Waals surface area contributed by atoms with Crippen molar-refractivity contribution >= 4 is 56.6 Å². The van der Waals surface area contributed by atoms with Gasteiger partial charge in [-0.05, 0) is 48.0 Å². The summed E-state index contributed by atoms with van der Waals surface area (Å²) in [7, 11) is -3.78. The highest BCUT2D eigenvalue weighted by Crippen LogP contribution is 2.24. The molecule has 0 fully saturated rings. The van der Waals surface area contributed by atoms with Crippen LogP contribution in [-0.2, 0) is 14.8 Å². The average molecular weight is 447 g/mol. The lowest BCUT2D eigenvalue weighted by atomic mass is 10.2. The summed E-state index contributed by atoms with van der Waals surface area (Å²) in [6.07, 6.45) is 2.92. The largest absolute Gasteiger partial charge is 0.321 e. The third-order valence-corrected chi connectivity index (χ3v) is 5.91. The van der Waals surface area contributed by atoms with Crippen LogP contribution in [0.3, 0.4) is 0 Å². The lowest BCUT2D eigenvalue weighted by molar-refractivity contribution is -0.111. The summed E-state index contributed by atoms with van der Waals surface area (Å²) >= 11 is 12.0. The first-order chi connectivity index (χ1) is 13.8. The summed E-state index contributed by atoms with van der Waals surface area (Å²) in [6, 6.07) is 19.6. The molecule has 0 atom stereocenters. The van der Waals surface area contributed by atoms with Crippen molar-refractivity contribution in [2.45, 2.75) is 4.90 Å². The number of para-hydroxylation sites is 2. The smallest absolute Gasteiger partial charge is 0.261 e. The second-order valence-electron chi connectivity index (χ2n) is 5.96. The van der Waals surface area contributed by atoms with E-state index in [1.54, 1.807) is 66.7 Å². The lowest BCUT2D eigenvalue weighted by Gasteiger charge is -2.09. The SMILES string of the molecule is O=C(/C=C/c1ccc(S(=O)(=O)Nc2ccccc2Cl)cc1)Nc1ccccc1Cl. The second kappa shape index (κ2) is 9.13. The molecule has 0 radical (unpaired) electrons. The maximum atomic E-state index is 12.5. The van der Waals surface area contributed by atoms with Crippen LogP contribution < -0.4 is 10.0 Å².